The summed E-state index contributed by atoms with van der Waals surface area (Å²) in [5.41, 5.74) is 8.67. The first-order valence-corrected chi connectivity index (χ1v) is 8.55. The standard InChI is InChI=1S/C20H16FN7/c1-12(27-20-17(23-2)19(22)25-11-26-20)13-10-16-14(21)6-5-9-28(16)18(13)15-7-3-4-8-24-15/h3-12H,1H3,(H3,22,25,26,27). The maximum atomic E-state index is 14.4. The van der Waals surface area contributed by atoms with E-state index in [9.17, 15) is 4.39 Å². The zero-order chi connectivity index (χ0) is 19.7. The number of nitrogens with zero attached hydrogens (tertiary/aromatic N) is 5. The van der Waals surface area contributed by atoms with Gasteiger partial charge in [0.1, 0.15) is 23.8 Å². The Hall–Kier alpha value is -3.99. The van der Waals surface area contributed by atoms with Crippen LogP contribution in [0.5, 0.6) is 0 Å². The first kappa shape index (κ1) is 17.4. The highest BCUT2D eigenvalue weighted by Gasteiger charge is 2.21. The fourth-order valence-electron chi connectivity index (χ4n) is 3.18. The van der Waals surface area contributed by atoms with E-state index in [1.165, 1.54) is 12.4 Å². The van der Waals surface area contributed by atoms with E-state index in [1.54, 1.807) is 28.9 Å². The van der Waals surface area contributed by atoms with Crippen LogP contribution in [0, 0.1) is 12.4 Å². The Morgan fingerprint density at radius 1 is 1.21 bits per heavy atom. The van der Waals surface area contributed by atoms with Crippen molar-refractivity contribution in [2.45, 2.75) is 13.0 Å². The highest BCUT2D eigenvalue weighted by atomic mass is 19.1. The molecule has 0 spiro atoms. The molecule has 4 aromatic heterocycles. The quantitative estimate of drug-likeness (QED) is 0.523. The molecule has 4 aromatic rings. The number of nitrogens with one attached hydrogen (secondary N) is 1. The molecule has 0 saturated heterocycles. The van der Waals surface area contributed by atoms with E-state index in [0.717, 1.165) is 11.3 Å². The van der Waals surface area contributed by atoms with Crippen LogP contribution in [0.3, 0.4) is 0 Å². The Bertz CT molecular complexity index is 1190. The zero-order valence-corrected chi connectivity index (χ0v) is 15.0. The fraction of sp³-hybridized carbons (Fsp3) is 0.100. The van der Waals surface area contributed by atoms with E-state index in [4.69, 9.17) is 12.3 Å². The number of pyridine rings is 2. The number of nitrogens with two attached hydrogens (primary N) is 1. The third-order valence-electron chi connectivity index (χ3n) is 4.48. The van der Waals surface area contributed by atoms with Crippen LogP contribution in [0.2, 0.25) is 0 Å². The van der Waals surface area contributed by atoms with Gasteiger partial charge in [-0.1, -0.05) is 6.07 Å². The summed E-state index contributed by atoms with van der Waals surface area (Å²) < 4.78 is 16.2. The van der Waals surface area contributed by atoms with Gasteiger partial charge in [0.15, 0.2) is 0 Å². The Morgan fingerprint density at radius 3 is 2.82 bits per heavy atom. The molecule has 7 nitrogen and oxygen atoms in total. The first-order valence-electron chi connectivity index (χ1n) is 8.55. The average Bonchev–Trinajstić information content (AvgIpc) is 3.10. The molecule has 0 amide bonds. The summed E-state index contributed by atoms with van der Waals surface area (Å²) in [6.07, 6.45) is 4.79. The molecular formula is C20H16FN7. The SMILES string of the molecule is [C-]#[N+]c1c(N)ncnc1NC(C)c1cc2c(F)cccn2c1-c1ccccn1. The van der Waals surface area contributed by atoms with Crippen LogP contribution >= 0.6 is 0 Å². The van der Waals surface area contributed by atoms with Gasteiger partial charge in [0.25, 0.3) is 5.69 Å². The van der Waals surface area contributed by atoms with Gasteiger partial charge < -0.3 is 15.5 Å². The number of fused-ring (bicyclic) bond motifs is 1. The van der Waals surface area contributed by atoms with Gasteiger partial charge in [0, 0.05) is 18.0 Å². The first-order chi connectivity index (χ1) is 13.6. The summed E-state index contributed by atoms with van der Waals surface area (Å²) in [5, 5.41) is 3.20. The van der Waals surface area contributed by atoms with Gasteiger partial charge in [-0.2, -0.15) is 0 Å². The van der Waals surface area contributed by atoms with Crippen LogP contribution in [0.1, 0.15) is 18.5 Å². The summed E-state index contributed by atoms with van der Waals surface area (Å²) in [4.78, 5) is 15.8. The minimum Gasteiger partial charge on any atom is -0.392 e. The molecule has 4 heterocycles. The second kappa shape index (κ2) is 6.96. The Labute approximate surface area is 160 Å². The molecule has 0 radical (unpaired) electrons. The van der Waals surface area contributed by atoms with Crippen molar-refractivity contribution < 1.29 is 4.39 Å². The molecule has 0 bridgehead atoms. The van der Waals surface area contributed by atoms with E-state index in [2.05, 4.69) is 25.1 Å². The number of hydrogen-bond acceptors (Lipinski definition) is 5. The van der Waals surface area contributed by atoms with Crippen molar-refractivity contribution in [1.82, 2.24) is 19.4 Å². The van der Waals surface area contributed by atoms with Crippen molar-refractivity contribution >= 4 is 22.8 Å². The lowest BCUT2D eigenvalue weighted by Gasteiger charge is -2.17. The molecule has 1 atom stereocenters. The number of nitrogen functional groups attached to an aromatic ring is 1. The maximum Gasteiger partial charge on any atom is 0.268 e. The van der Waals surface area contributed by atoms with E-state index in [-0.39, 0.29) is 23.4 Å². The molecule has 28 heavy (non-hydrogen) atoms. The molecular weight excluding hydrogens is 357 g/mol. The lowest BCUT2D eigenvalue weighted by atomic mass is 10.1. The maximum absolute atomic E-state index is 14.4. The largest absolute Gasteiger partial charge is 0.392 e. The molecule has 3 N–H and O–H groups in total. The third kappa shape index (κ3) is 2.89. The lowest BCUT2D eigenvalue weighted by Crippen LogP contribution is -2.10. The van der Waals surface area contributed by atoms with Crippen molar-refractivity contribution in [1.29, 1.82) is 0 Å². The topological polar surface area (TPSA) is 85.5 Å². The van der Waals surface area contributed by atoms with E-state index in [0.29, 0.717) is 17.0 Å². The molecule has 138 valence electrons. The molecule has 0 fully saturated rings. The lowest BCUT2D eigenvalue weighted by molar-refractivity contribution is 0.633. The molecule has 0 aliphatic heterocycles. The highest BCUT2D eigenvalue weighted by Crippen LogP contribution is 2.35. The number of halogens is 1. The molecule has 1 unspecified atom stereocenters. The smallest absolute Gasteiger partial charge is 0.268 e. The van der Waals surface area contributed by atoms with Crippen molar-refractivity contribution in [3.63, 3.8) is 0 Å². The van der Waals surface area contributed by atoms with Crippen LogP contribution in [0.15, 0.2) is 55.1 Å². The van der Waals surface area contributed by atoms with E-state index < -0.39 is 0 Å². The summed E-state index contributed by atoms with van der Waals surface area (Å²) in [6, 6.07) is 10.1. The fourth-order valence-corrected chi connectivity index (χ4v) is 3.18. The molecule has 0 saturated carbocycles. The Balaban J connectivity index is 1.86. The molecule has 8 heteroatoms. The van der Waals surface area contributed by atoms with Crippen molar-refractivity contribution in [2.24, 2.45) is 0 Å². The summed E-state index contributed by atoms with van der Waals surface area (Å²) in [7, 11) is 0. The molecule has 4 rings (SSSR count). The highest BCUT2D eigenvalue weighted by molar-refractivity contribution is 5.77. The van der Waals surface area contributed by atoms with Gasteiger partial charge in [-0.3, -0.25) is 4.98 Å². The monoisotopic (exact) mass is 373 g/mol. The predicted molar refractivity (Wildman–Crippen MR) is 105 cm³/mol. The number of aromatic nitrogens is 4. The van der Waals surface area contributed by atoms with E-state index >= 15 is 0 Å². The van der Waals surface area contributed by atoms with Gasteiger partial charge in [-0.15, -0.1) is 0 Å². The summed E-state index contributed by atoms with van der Waals surface area (Å²) in [6.45, 7) is 9.24. The third-order valence-corrected chi connectivity index (χ3v) is 4.48. The van der Waals surface area contributed by atoms with Crippen molar-refractivity contribution in [3.05, 3.63) is 77.9 Å². The summed E-state index contributed by atoms with van der Waals surface area (Å²) in [5.74, 6) is 0.113. The minimum atomic E-state index is -0.328. The second-order valence-electron chi connectivity index (χ2n) is 6.21. The van der Waals surface area contributed by atoms with Crippen molar-refractivity contribution in [2.75, 3.05) is 11.1 Å². The Morgan fingerprint density at radius 2 is 2.07 bits per heavy atom. The Kier molecular flexibility index (Phi) is 4.33. The second-order valence-corrected chi connectivity index (χ2v) is 6.21. The number of hydrogen-bond donors (Lipinski definition) is 2. The van der Waals surface area contributed by atoms with Crippen LogP contribution < -0.4 is 11.1 Å². The molecule has 0 aliphatic carbocycles. The zero-order valence-electron chi connectivity index (χ0n) is 15.0. The average molecular weight is 373 g/mol. The summed E-state index contributed by atoms with van der Waals surface area (Å²) >= 11 is 0. The van der Waals surface area contributed by atoms with Gasteiger partial charge in [0.05, 0.1) is 29.5 Å². The van der Waals surface area contributed by atoms with Crippen molar-refractivity contribution in [3.8, 4) is 11.4 Å². The minimum absolute atomic E-state index is 0.109. The van der Waals surface area contributed by atoms with Crippen LogP contribution in [0.25, 0.3) is 21.7 Å². The normalized spacial score (nSPS) is 11.9. The van der Waals surface area contributed by atoms with Crippen LogP contribution in [-0.2, 0) is 0 Å². The van der Waals surface area contributed by atoms with E-state index in [1.807, 2.05) is 25.1 Å². The van der Waals surface area contributed by atoms with Crippen LogP contribution in [-0.4, -0.2) is 19.4 Å². The number of rotatable bonds is 4. The molecule has 0 aromatic carbocycles. The van der Waals surface area contributed by atoms with Crippen LogP contribution in [0.4, 0.5) is 21.7 Å². The van der Waals surface area contributed by atoms with Gasteiger partial charge in [-0.05, 0) is 37.3 Å². The van der Waals surface area contributed by atoms with Gasteiger partial charge in [0.2, 0.25) is 0 Å². The van der Waals surface area contributed by atoms with Gasteiger partial charge >= 0.3 is 0 Å². The number of anilines is 2. The molecule has 0 aliphatic rings. The van der Waals surface area contributed by atoms with Gasteiger partial charge in [-0.25, -0.2) is 19.2 Å². The predicted octanol–water partition coefficient (Wildman–Crippen LogP) is 4.24.